The van der Waals surface area contributed by atoms with Crippen molar-refractivity contribution in [3.8, 4) is 0 Å². The van der Waals surface area contributed by atoms with Gasteiger partial charge in [0.2, 0.25) is 0 Å². The first kappa shape index (κ1) is 18.4. The van der Waals surface area contributed by atoms with Crippen LogP contribution in [0.5, 0.6) is 0 Å². The van der Waals surface area contributed by atoms with E-state index in [1.54, 1.807) is 0 Å². The van der Waals surface area contributed by atoms with E-state index in [1.165, 1.54) is 0 Å². The van der Waals surface area contributed by atoms with Crippen molar-refractivity contribution >= 4 is 5.97 Å². The lowest BCUT2D eigenvalue weighted by atomic mass is 9.94. The van der Waals surface area contributed by atoms with Crippen LogP contribution < -0.4 is 5.32 Å². The Hall–Kier alpha value is -0.650. The van der Waals surface area contributed by atoms with E-state index >= 15 is 0 Å². The first-order chi connectivity index (χ1) is 10.1. The fraction of sp³-hybridized carbons (Fsp3) is 0.938. The lowest BCUT2D eigenvalue weighted by molar-refractivity contribution is -0.156. The van der Waals surface area contributed by atoms with Crippen LogP contribution in [-0.4, -0.2) is 50.6 Å². The Morgan fingerprint density at radius 2 is 2.00 bits per heavy atom. The largest absolute Gasteiger partial charge is 0.465 e. The standard InChI is InChI=1S/C16H31NO4/c1-5-9-17-16(14-7-8-14,15(18)20-6-2)12-19-10-11-21-13(3)4/h13-14,17H,5-12H2,1-4H3. The van der Waals surface area contributed by atoms with Crippen molar-refractivity contribution in [1.82, 2.24) is 5.32 Å². The molecule has 0 aromatic carbocycles. The van der Waals surface area contributed by atoms with Crippen LogP contribution >= 0.6 is 0 Å². The number of esters is 1. The molecule has 1 fully saturated rings. The van der Waals surface area contributed by atoms with Crippen LogP contribution in [0.4, 0.5) is 0 Å². The highest BCUT2D eigenvalue weighted by Crippen LogP contribution is 2.40. The zero-order chi connectivity index (χ0) is 15.7. The Morgan fingerprint density at radius 1 is 1.29 bits per heavy atom. The smallest absolute Gasteiger partial charge is 0.329 e. The summed E-state index contributed by atoms with van der Waals surface area (Å²) in [4.78, 5) is 12.4. The van der Waals surface area contributed by atoms with Gasteiger partial charge in [-0.3, -0.25) is 5.32 Å². The van der Waals surface area contributed by atoms with Gasteiger partial charge in [-0.15, -0.1) is 0 Å². The molecule has 5 heteroatoms. The molecule has 5 nitrogen and oxygen atoms in total. The summed E-state index contributed by atoms with van der Waals surface area (Å²) < 4.78 is 16.5. The van der Waals surface area contributed by atoms with Crippen LogP contribution in [0.15, 0.2) is 0 Å². The summed E-state index contributed by atoms with van der Waals surface area (Å²) in [5, 5.41) is 3.39. The number of carbonyl (C=O) groups is 1. The van der Waals surface area contributed by atoms with Gasteiger partial charge in [-0.2, -0.15) is 0 Å². The number of rotatable bonds is 12. The molecule has 124 valence electrons. The maximum absolute atomic E-state index is 12.4. The van der Waals surface area contributed by atoms with E-state index in [0.29, 0.717) is 32.3 Å². The molecule has 0 radical (unpaired) electrons. The molecular weight excluding hydrogens is 270 g/mol. The molecule has 1 unspecified atom stereocenters. The highest BCUT2D eigenvalue weighted by atomic mass is 16.5. The van der Waals surface area contributed by atoms with E-state index in [2.05, 4.69) is 12.2 Å². The van der Waals surface area contributed by atoms with Gasteiger partial charge >= 0.3 is 5.97 Å². The van der Waals surface area contributed by atoms with Crippen molar-refractivity contribution in [1.29, 1.82) is 0 Å². The van der Waals surface area contributed by atoms with Crippen LogP contribution in [0.2, 0.25) is 0 Å². The molecule has 0 spiro atoms. The maximum Gasteiger partial charge on any atom is 0.329 e. The number of ether oxygens (including phenoxy) is 3. The summed E-state index contributed by atoms with van der Waals surface area (Å²) in [6.45, 7) is 10.5. The highest BCUT2D eigenvalue weighted by molar-refractivity contribution is 5.82. The summed E-state index contributed by atoms with van der Waals surface area (Å²) in [6.07, 6.45) is 3.29. The Bertz CT molecular complexity index is 305. The van der Waals surface area contributed by atoms with Crippen molar-refractivity contribution < 1.29 is 19.0 Å². The Kier molecular flexibility index (Phi) is 8.22. The first-order valence-corrected chi connectivity index (χ1v) is 8.18. The molecule has 0 heterocycles. The SMILES string of the molecule is CCCNC(COCCOC(C)C)(C(=O)OCC)C1CC1. The Labute approximate surface area is 128 Å². The number of hydrogen-bond donors (Lipinski definition) is 1. The van der Waals surface area contributed by atoms with Crippen molar-refractivity contribution in [2.75, 3.05) is 33.0 Å². The minimum Gasteiger partial charge on any atom is -0.465 e. The molecular formula is C16H31NO4. The van der Waals surface area contributed by atoms with E-state index in [0.717, 1.165) is 25.8 Å². The molecule has 0 aromatic rings. The van der Waals surface area contributed by atoms with Crippen LogP contribution in [0, 0.1) is 5.92 Å². The Balaban J connectivity index is 2.55. The second kappa shape index (κ2) is 9.38. The van der Waals surface area contributed by atoms with Crippen molar-refractivity contribution in [2.24, 2.45) is 5.92 Å². The van der Waals surface area contributed by atoms with Crippen molar-refractivity contribution in [3.05, 3.63) is 0 Å². The molecule has 1 atom stereocenters. The van der Waals surface area contributed by atoms with Gasteiger partial charge in [-0.05, 0) is 52.5 Å². The van der Waals surface area contributed by atoms with Gasteiger partial charge in [0.15, 0.2) is 0 Å². The van der Waals surface area contributed by atoms with Crippen LogP contribution in [-0.2, 0) is 19.0 Å². The third-order valence-electron chi connectivity index (χ3n) is 3.61. The molecule has 1 N–H and O–H groups in total. The topological polar surface area (TPSA) is 56.8 Å². The predicted molar refractivity (Wildman–Crippen MR) is 82.3 cm³/mol. The van der Waals surface area contributed by atoms with E-state index in [9.17, 15) is 4.79 Å². The van der Waals surface area contributed by atoms with Gasteiger partial charge in [0, 0.05) is 0 Å². The van der Waals surface area contributed by atoms with Gasteiger partial charge in [0.1, 0.15) is 5.54 Å². The zero-order valence-corrected chi connectivity index (χ0v) is 13.9. The quantitative estimate of drug-likeness (QED) is 0.442. The minimum atomic E-state index is -0.677. The van der Waals surface area contributed by atoms with E-state index in [4.69, 9.17) is 14.2 Å². The Morgan fingerprint density at radius 3 is 2.52 bits per heavy atom. The second-order valence-electron chi connectivity index (χ2n) is 5.87. The molecule has 0 aliphatic heterocycles. The van der Waals surface area contributed by atoms with Crippen LogP contribution in [0.1, 0.15) is 47.0 Å². The number of nitrogens with one attached hydrogen (secondary N) is 1. The monoisotopic (exact) mass is 301 g/mol. The van der Waals surface area contributed by atoms with Crippen molar-refractivity contribution in [3.63, 3.8) is 0 Å². The summed E-state index contributed by atoms with van der Waals surface area (Å²) in [7, 11) is 0. The second-order valence-corrected chi connectivity index (χ2v) is 5.87. The van der Waals surface area contributed by atoms with Gasteiger partial charge < -0.3 is 14.2 Å². The van der Waals surface area contributed by atoms with E-state index in [1.807, 2.05) is 20.8 Å². The van der Waals surface area contributed by atoms with Crippen LogP contribution in [0.3, 0.4) is 0 Å². The maximum atomic E-state index is 12.4. The lowest BCUT2D eigenvalue weighted by Crippen LogP contribution is -2.58. The van der Waals surface area contributed by atoms with Gasteiger partial charge in [0.25, 0.3) is 0 Å². The molecule has 1 rings (SSSR count). The molecule has 0 amide bonds. The normalized spacial score (nSPS) is 17.8. The molecule has 0 bridgehead atoms. The summed E-state index contributed by atoms with van der Waals surface area (Å²) in [5.41, 5.74) is -0.677. The summed E-state index contributed by atoms with van der Waals surface area (Å²) in [5.74, 6) is 0.153. The fourth-order valence-electron chi connectivity index (χ4n) is 2.37. The fourth-order valence-corrected chi connectivity index (χ4v) is 2.37. The average molecular weight is 301 g/mol. The first-order valence-electron chi connectivity index (χ1n) is 8.18. The van der Waals surface area contributed by atoms with Gasteiger partial charge in [0.05, 0.1) is 32.5 Å². The molecule has 1 aliphatic rings. The van der Waals surface area contributed by atoms with E-state index < -0.39 is 5.54 Å². The molecule has 0 saturated heterocycles. The molecule has 0 aromatic heterocycles. The third-order valence-corrected chi connectivity index (χ3v) is 3.61. The van der Waals surface area contributed by atoms with Crippen molar-refractivity contribution in [2.45, 2.75) is 58.6 Å². The van der Waals surface area contributed by atoms with Gasteiger partial charge in [-0.1, -0.05) is 6.92 Å². The molecule has 1 aliphatic carbocycles. The highest BCUT2D eigenvalue weighted by Gasteiger charge is 2.52. The minimum absolute atomic E-state index is 0.175. The zero-order valence-electron chi connectivity index (χ0n) is 13.9. The van der Waals surface area contributed by atoms with Crippen LogP contribution in [0.25, 0.3) is 0 Å². The summed E-state index contributed by atoms with van der Waals surface area (Å²) in [6, 6.07) is 0. The molecule has 21 heavy (non-hydrogen) atoms. The third kappa shape index (κ3) is 5.93. The average Bonchev–Trinajstić information content (AvgIpc) is 3.27. The molecule has 1 saturated carbocycles. The predicted octanol–water partition coefficient (Wildman–Crippen LogP) is 2.14. The number of carbonyl (C=O) groups excluding carboxylic acids is 1. The van der Waals surface area contributed by atoms with E-state index in [-0.39, 0.29) is 12.1 Å². The lowest BCUT2D eigenvalue weighted by Gasteiger charge is -2.32. The van der Waals surface area contributed by atoms with Gasteiger partial charge in [-0.25, -0.2) is 4.79 Å². The number of hydrogen-bond acceptors (Lipinski definition) is 5. The summed E-state index contributed by atoms with van der Waals surface area (Å²) >= 11 is 0.